The Bertz CT molecular complexity index is 551. The Morgan fingerprint density at radius 2 is 2.00 bits per heavy atom. The number of amides is 1. The number of carbonyl (C=O) groups excluding carboxylic acids is 1. The minimum atomic E-state index is -0.697. The summed E-state index contributed by atoms with van der Waals surface area (Å²) in [5.74, 6) is -0.134. The number of hydroxylamine groups is 1. The summed E-state index contributed by atoms with van der Waals surface area (Å²) in [4.78, 5) is 11.0. The second-order valence-corrected chi connectivity index (χ2v) is 5.17. The van der Waals surface area contributed by atoms with Gasteiger partial charge in [-0.3, -0.25) is 10.0 Å². The zero-order chi connectivity index (χ0) is 17.2. The van der Waals surface area contributed by atoms with Crippen molar-refractivity contribution in [2.75, 3.05) is 13.2 Å². The van der Waals surface area contributed by atoms with Gasteiger partial charge in [-0.05, 0) is 30.2 Å². The van der Waals surface area contributed by atoms with Crippen LogP contribution in [-0.2, 0) is 4.79 Å². The first kappa shape index (κ1) is 18.9. The van der Waals surface area contributed by atoms with E-state index in [1.807, 2.05) is 6.92 Å². The highest BCUT2D eigenvalue weighted by Gasteiger charge is 2.13. The topological polar surface area (TPSA) is 99.0 Å². The van der Waals surface area contributed by atoms with Gasteiger partial charge in [-0.1, -0.05) is 31.2 Å². The number of hydrogen-bond acceptors (Lipinski definition) is 5. The predicted molar refractivity (Wildman–Crippen MR) is 86.0 cm³/mol. The summed E-state index contributed by atoms with van der Waals surface area (Å²) in [6.07, 6.45) is 4.06. The third-order valence-corrected chi connectivity index (χ3v) is 3.21. The van der Waals surface area contributed by atoms with Crippen LogP contribution in [0, 0.1) is 5.92 Å². The first-order valence-corrected chi connectivity index (χ1v) is 7.30. The van der Waals surface area contributed by atoms with Crippen LogP contribution in [0.5, 0.6) is 5.75 Å². The average Bonchev–Trinajstić information content (AvgIpc) is 2.57. The van der Waals surface area contributed by atoms with Gasteiger partial charge in [0.15, 0.2) is 0 Å². The van der Waals surface area contributed by atoms with Crippen LogP contribution in [0.25, 0.3) is 0 Å². The van der Waals surface area contributed by atoms with Gasteiger partial charge in [0.2, 0.25) is 0 Å². The molecule has 1 aromatic carbocycles. The number of ether oxygens (including phenoxy) is 1. The van der Waals surface area contributed by atoms with Crippen molar-refractivity contribution in [2.45, 2.75) is 20.0 Å². The van der Waals surface area contributed by atoms with Crippen molar-refractivity contribution in [3.05, 3.63) is 53.6 Å². The van der Waals surface area contributed by atoms with Gasteiger partial charge in [-0.25, -0.2) is 5.48 Å². The van der Waals surface area contributed by atoms with E-state index in [-0.39, 0.29) is 19.1 Å². The SMILES string of the molecule is CC(/C=C/[C@H](C)[C@@H](O)c1ccc(OCCO)cc1)=C\C(=O)NO. The molecule has 6 nitrogen and oxygen atoms in total. The Kier molecular flexibility index (Phi) is 8.04. The van der Waals surface area contributed by atoms with E-state index in [0.717, 1.165) is 5.56 Å². The molecule has 0 radical (unpaired) electrons. The maximum Gasteiger partial charge on any atom is 0.267 e. The van der Waals surface area contributed by atoms with Gasteiger partial charge in [0.25, 0.3) is 5.91 Å². The van der Waals surface area contributed by atoms with Crippen LogP contribution in [0.2, 0.25) is 0 Å². The Hall–Kier alpha value is -2.15. The van der Waals surface area contributed by atoms with Crippen molar-refractivity contribution in [3.8, 4) is 5.75 Å². The third-order valence-electron chi connectivity index (χ3n) is 3.21. The fourth-order valence-electron chi connectivity index (χ4n) is 1.92. The van der Waals surface area contributed by atoms with E-state index in [1.54, 1.807) is 43.3 Å². The molecule has 4 N–H and O–H groups in total. The second kappa shape index (κ2) is 9.78. The summed E-state index contributed by atoms with van der Waals surface area (Å²) >= 11 is 0. The van der Waals surface area contributed by atoms with E-state index < -0.39 is 12.0 Å². The number of hydrogen-bond donors (Lipinski definition) is 4. The molecule has 1 aromatic rings. The van der Waals surface area contributed by atoms with Crippen LogP contribution in [0.3, 0.4) is 0 Å². The summed E-state index contributed by atoms with van der Waals surface area (Å²) in [6.45, 7) is 3.76. The molecular formula is C17H23NO5. The zero-order valence-corrected chi connectivity index (χ0v) is 13.3. The van der Waals surface area contributed by atoms with Crippen LogP contribution in [0.15, 0.2) is 48.1 Å². The van der Waals surface area contributed by atoms with Crippen LogP contribution in [0.1, 0.15) is 25.5 Å². The molecule has 1 amide bonds. The van der Waals surface area contributed by atoms with E-state index in [0.29, 0.717) is 11.3 Å². The number of nitrogens with one attached hydrogen (secondary N) is 1. The molecule has 2 atom stereocenters. The fourth-order valence-corrected chi connectivity index (χ4v) is 1.92. The summed E-state index contributed by atoms with van der Waals surface area (Å²) in [6, 6.07) is 7.01. The average molecular weight is 321 g/mol. The van der Waals surface area contributed by atoms with Crippen molar-refractivity contribution in [1.82, 2.24) is 5.48 Å². The lowest BCUT2D eigenvalue weighted by atomic mass is 9.96. The predicted octanol–water partition coefficient (Wildman–Crippen LogP) is 1.74. The smallest absolute Gasteiger partial charge is 0.267 e. The summed E-state index contributed by atoms with van der Waals surface area (Å²) in [5.41, 5.74) is 2.93. The molecule has 6 heteroatoms. The molecule has 0 fully saturated rings. The van der Waals surface area contributed by atoms with E-state index in [2.05, 4.69) is 0 Å². The normalized spacial score (nSPS) is 14.6. The largest absolute Gasteiger partial charge is 0.491 e. The molecule has 0 spiro atoms. The number of aliphatic hydroxyl groups excluding tert-OH is 2. The number of benzene rings is 1. The van der Waals surface area contributed by atoms with Gasteiger partial charge >= 0.3 is 0 Å². The van der Waals surface area contributed by atoms with Gasteiger partial charge in [0, 0.05) is 12.0 Å². The van der Waals surface area contributed by atoms with Crippen molar-refractivity contribution in [3.63, 3.8) is 0 Å². The highest BCUT2D eigenvalue weighted by molar-refractivity contribution is 5.87. The number of carbonyl (C=O) groups is 1. The molecule has 0 saturated heterocycles. The van der Waals surface area contributed by atoms with Gasteiger partial charge in [0.1, 0.15) is 12.4 Å². The Morgan fingerprint density at radius 1 is 1.35 bits per heavy atom. The molecule has 0 aliphatic heterocycles. The number of rotatable bonds is 8. The molecular weight excluding hydrogens is 298 g/mol. The van der Waals surface area contributed by atoms with Gasteiger partial charge in [0.05, 0.1) is 12.7 Å². The van der Waals surface area contributed by atoms with Crippen LogP contribution in [-0.4, -0.2) is 34.5 Å². The zero-order valence-electron chi connectivity index (χ0n) is 13.3. The first-order chi connectivity index (χ1) is 11.0. The van der Waals surface area contributed by atoms with Crippen LogP contribution in [0.4, 0.5) is 0 Å². The van der Waals surface area contributed by atoms with Crippen molar-refractivity contribution >= 4 is 5.91 Å². The quantitative estimate of drug-likeness (QED) is 0.253. The van der Waals surface area contributed by atoms with Crippen molar-refractivity contribution in [2.24, 2.45) is 5.92 Å². The molecule has 0 heterocycles. The summed E-state index contributed by atoms with van der Waals surface area (Å²) in [5, 5.41) is 27.5. The molecule has 0 aliphatic rings. The highest BCUT2D eigenvalue weighted by atomic mass is 16.5. The third kappa shape index (κ3) is 6.65. The molecule has 23 heavy (non-hydrogen) atoms. The minimum Gasteiger partial charge on any atom is -0.491 e. The van der Waals surface area contributed by atoms with E-state index in [1.165, 1.54) is 11.6 Å². The highest BCUT2D eigenvalue weighted by Crippen LogP contribution is 2.25. The van der Waals surface area contributed by atoms with Gasteiger partial charge in [-0.15, -0.1) is 0 Å². The fraction of sp³-hybridized carbons (Fsp3) is 0.353. The first-order valence-electron chi connectivity index (χ1n) is 7.30. The lowest BCUT2D eigenvalue weighted by Crippen LogP contribution is -2.15. The Balaban J connectivity index is 2.67. The monoisotopic (exact) mass is 321 g/mol. The molecule has 0 aliphatic carbocycles. The standard InChI is InChI=1S/C17H23NO5/c1-12(11-16(20)18-22)3-4-13(2)17(21)14-5-7-15(8-6-14)23-10-9-19/h3-8,11,13,17,19,21-22H,9-10H2,1-2H3,(H,18,20)/b4-3+,12-11+/t13-,17+/m0/s1. The molecule has 0 saturated carbocycles. The number of allylic oxidation sites excluding steroid dienone is 2. The maximum absolute atomic E-state index is 11.0. The van der Waals surface area contributed by atoms with E-state index in [9.17, 15) is 9.90 Å². The molecule has 126 valence electrons. The van der Waals surface area contributed by atoms with Crippen LogP contribution >= 0.6 is 0 Å². The van der Waals surface area contributed by atoms with Crippen molar-refractivity contribution < 1.29 is 25.0 Å². The molecule has 0 unspecified atom stereocenters. The lowest BCUT2D eigenvalue weighted by molar-refractivity contribution is -0.124. The van der Waals surface area contributed by atoms with E-state index in [4.69, 9.17) is 15.1 Å². The molecule has 0 aromatic heterocycles. The summed E-state index contributed by atoms with van der Waals surface area (Å²) in [7, 11) is 0. The second-order valence-electron chi connectivity index (χ2n) is 5.17. The van der Waals surface area contributed by atoms with Crippen LogP contribution < -0.4 is 10.2 Å². The maximum atomic E-state index is 11.0. The molecule has 1 rings (SSSR count). The van der Waals surface area contributed by atoms with Gasteiger partial charge in [-0.2, -0.15) is 0 Å². The minimum absolute atomic E-state index is 0.0482. The number of aliphatic hydroxyl groups is 2. The van der Waals surface area contributed by atoms with E-state index >= 15 is 0 Å². The van der Waals surface area contributed by atoms with Crippen molar-refractivity contribution in [1.29, 1.82) is 0 Å². The Labute approximate surface area is 135 Å². The molecule has 0 bridgehead atoms. The summed E-state index contributed by atoms with van der Waals surface area (Å²) < 4.78 is 5.27. The van der Waals surface area contributed by atoms with Gasteiger partial charge < -0.3 is 14.9 Å². The lowest BCUT2D eigenvalue weighted by Gasteiger charge is -2.16. The Morgan fingerprint density at radius 3 is 2.57 bits per heavy atom.